The van der Waals surface area contributed by atoms with E-state index in [2.05, 4.69) is 4.98 Å². The molecule has 0 aromatic carbocycles. The Morgan fingerprint density at radius 2 is 2.22 bits per heavy atom. The topological polar surface area (TPSA) is 53.4 Å². The van der Waals surface area contributed by atoms with Crippen LogP contribution in [0.3, 0.4) is 0 Å². The zero-order chi connectivity index (χ0) is 13.5. The van der Waals surface area contributed by atoms with Gasteiger partial charge in [0.05, 0.1) is 16.4 Å². The minimum absolute atomic E-state index is 0.0614. The third-order valence-corrected chi connectivity index (χ3v) is 3.58. The summed E-state index contributed by atoms with van der Waals surface area (Å²) >= 11 is 1.45. The molecule has 0 aliphatic rings. The van der Waals surface area contributed by atoms with Crippen LogP contribution in [0, 0.1) is 0 Å². The molecule has 0 fully saturated rings. The van der Waals surface area contributed by atoms with E-state index in [9.17, 15) is 9.90 Å². The van der Waals surface area contributed by atoms with Gasteiger partial charge in [0.2, 0.25) is 5.91 Å². The van der Waals surface area contributed by atoms with Crippen LogP contribution in [-0.4, -0.2) is 45.8 Å². The quantitative estimate of drug-likeness (QED) is 0.799. The number of carbonyl (C=O) groups is 1. The molecule has 100 valence electrons. The van der Waals surface area contributed by atoms with Crippen LogP contribution in [0.4, 0.5) is 0 Å². The van der Waals surface area contributed by atoms with Crippen molar-refractivity contribution < 1.29 is 9.90 Å². The summed E-state index contributed by atoms with van der Waals surface area (Å²) in [6, 6.07) is 5.65. The molecule has 1 rings (SSSR count). The van der Waals surface area contributed by atoms with Crippen LogP contribution >= 0.6 is 11.8 Å². The Hall–Kier alpha value is -1.07. The Morgan fingerprint density at radius 3 is 2.78 bits per heavy atom. The van der Waals surface area contributed by atoms with Crippen molar-refractivity contribution in [3.05, 3.63) is 24.4 Å². The van der Waals surface area contributed by atoms with Crippen molar-refractivity contribution in [2.24, 2.45) is 0 Å². The maximum absolute atomic E-state index is 12.1. The lowest BCUT2D eigenvalue weighted by Crippen LogP contribution is -2.35. The molecule has 2 atom stereocenters. The molecule has 4 nitrogen and oxygen atoms in total. The molecule has 0 radical (unpaired) electrons. The second kappa shape index (κ2) is 7.38. The first-order valence-electron chi connectivity index (χ1n) is 6.01. The first-order chi connectivity index (χ1) is 8.50. The molecule has 1 heterocycles. The second-order valence-electron chi connectivity index (χ2n) is 4.33. The highest BCUT2D eigenvalue weighted by Gasteiger charge is 2.19. The average molecular weight is 268 g/mol. The van der Waals surface area contributed by atoms with Gasteiger partial charge in [-0.1, -0.05) is 17.8 Å². The summed E-state index contributed by atoms with van der Waals surface area (Å²) in [5, 5.41) is 9.89. The van der Waals surface area contributed by atoms with Gasteiger partial charge in [-0.05, 0) is 32.4 Å². The number of pyridine rings is 1. The summed E-state index contributed by atoms with van der Waals surface area (Å²) in [6.07, 6.45) is 1.94. The molecule has 0 saturated heterocycles. The Morgan fingerprint density at radius 1 is 1.50 bits per heavy atom. The second-order valence-corrected chi connectivity index (χ2v) is 5.69. The molecule has 0 bridgehead atoms. The minimum Gasteiger partial charge on any atom is -0.393 e. The summed E-state index contributed by atoms with van der Waals surface area (Å²) in [5.74, 6) is 0.0614. The molecule has 0 aliphatic heterocycles. The van der Waals surface area contributed by atoms with Crippen LogP contribution in [0.1, 0.15) is 20.3 Å². The van der Waals surface area contributed by atoms with Crippen LogP contribution < -0.4 is 0 Å². The van der Waals surface area contributed by atoms with E-state index in [0.717, 1.165) is 5.03 Å². The molecule has 1 aromatic heterocycles. The lowest BCUT2D eigenvalue weighted by molar-refractivity contribution is -0.129. The molecular weight excluding hydrogens is 248 g/mol. The molecular formula is C13H20N2O2S. The van der Waals surface area contributed by atoms with E-state index in [4.69, 9.17) is 0 Å². The van der Waals surface area contributed by atoms with Crippen molar-refractivity contribution >= 4 is 17.7 Å². The highest BCUT2D eigenvalue weighted by molar-refractivity contribution is 8.00. The van der Waals surface area contributed by atoms with Crippen molar-refractivity contribution in [3.63, 3.8) is 0 Å². The van der Waals surface area contributed by atoms with Gasteiger partial charge < -0.3 is 10.0 Å². The standard InChI is InChI=1S/C13H20N2O2S/c1-10(16)7-9-15(3)13(17)11(2)18-12-6-4-5-8-14-12/h4-6,8,10-11,16H,7,9H2,1-3H3. The van der Waals surface area contributed by atoms with Crippen molar-refractivity contribution in [1.82, 2.24) is 9.88 Å². The van der Waals surface area contributed by atoms with Gasteiger partial charge in [0.1, 0.15) is 0 Å². The van der Waals surface area contributed by atoms with Crippen molar-refractivity contribution in [3.8, 4) is 0 Å². The highest BCUT2D eigenvalue weighted by Crippen LogP contribution is 2.21. The Kier molecular flexibility index (Phi) is 6.15. The van der Waals surface area contributed by atoms with Gasteiger partial charge in [-0.2, -0.15) is 0 Å². The fourth-order valence-corrected chi connectivity index (χ4v) is 2.37. The maximum Gasteiger partial charge on any atom is 0.235 e. The Balaban J connectivity index is 2.46. The first kappa shape index (κ1) is 15.0. The van der Waals surface area contributed by atoms with Crippen LogP contribution in [0.5, 0.6) is 0 Å². The van der Waals surface area contributed by atoms with Crippen molar-refractivity contribution in [1.29, 1.82) is 0 Å². The number of amides is 1. The molecule has 0 saturated carbocycles. The molecule has 1 aromatic rings. The number of aliphatic hydroxyl groups excluding tert-OH is 1. The van der Waals surface area contributed by atoms with E-state index in [1.807, 2.05) is 25.1 Å². The Labute approximate surface area is 112 Å². The van der Waals surface area contributed by atoms with Crippen molar-refractivity contribution in [2.75, 3.05) is 13.6 Å². The van der Waals surface area contributed by atoms with E-state index < -0.39 is 0 Å². The lowest BCUT2D eigenvalue weighted by atomic mass is 10.2. The van der Waals surface area contributed by atoms with Gasteiger partial charge in [0, 0.05) is 19.8 Å². The predicted molar refractivity (Wildman–Crippen MR) is 73.5 cm³/mol. The van der Waals surface area contributed by atoms with E-state index in [0.29, 0.717) is 13.0 Å². The highest BCUT2D eigenvalue weighted by atomic mass is 32.2. The van der Waals surface area contributed by atoms with Gasteiger partial charge in [-0.25, -0.2) is 4.98 Å². The van der Waals surface area contributed by atoms with Gasteiger partial charge in [0.15, 0.2) is 0 Å². The third-order valence-electron chi connectivity index (χ3n) is 2.54. The molecule has 0 aliphatic carbocycles. The van der Waals surface area contributed by atoms with Crippen LogP contribution in [0.2, 0.25) is 0 Å². The zero-order valence-electron chi connectivity index (χ0n) is 11.0. The summed E-state index contributed by atoms with van der Waals surface area (Å²) in [7, 11) is 1.76. The molecule has 2 unspecified atom stereocenters. The summed E-state index contributed by atoms with van der Waals surface area (Å²) in [4.78, 5) is 17.9. The van der Waals surface area contributed by atoms with E-state index >= 15 is 0 Å². The molecule has 1 amide bonds. The number of aromatic nitrogens is 1. The molecule has 5 heteroatoms. The number of thioether (sulfide) groups is 1. The molecule has 0 spiro atoms. The monoisotopic (exact) mass is 268 g/mol. The Bertz CT molecular complexity index is 371. The number of carbonyl (C=O) groups excluding carboxylic acids is 1. The van der Waals surface area contributed by atoms with Gasteiger partial charge in [0.25, 0.3) is 0 Å². The average Bonchev–Trinajstić information content (AvgIpc) is 2.36. The largest absolute Gasteiger partial charge is 0.393 e. The third kappa shape index (κ3) is 5.06. The van der Waals surface area contributed by atoms with Crippen LogP contribution in [0.15, 0.2) is 29.4 Å². The molecule has 1 N–H and O–H groups in total. The van der Waals surface area contributed by atoms with E-state index in [-0.39, 0.29) is 17.3 Å². The first-order valence-corrected chi connectivity index (χ1v) is 6.89. The van der Waals surface area contributed by atoms with Gasteiger partial charge in [-0.3, -0.25) is 4.79 Å². The normalized spacial score (nSPS) is 14.0. The summed E-state index contributed by atoms with van der Waals surface area (Å²) in [5.41, 5.74) is 0. The minimum atomic E-state index is -0.376. The maximum atomic E-state index is 12.1. The van der Waals surface area contributed by atoms with E-state index in [1.54, 1.807) is 25.1 Å². The zero-order valence-corrected chi connectivity index (χ0v) is 11.9. The molecule has 18 heavy (non-hydrogen) atoms. The van der Waals surface area contributed by atoms with Crippen LogP contribution in [0.25, 0.3) is 0 Å². The van der Waals surface area contributed by atoms with Gasteiger partial charge >= 0.3 is 0 Å². The number of aliphatic hydroxyl groups is 1. The summed E-state index contributed by atoms with van der Waals surface area (Å²) in [6.45, 7) is 4.18. The number of nitrogens with zero attached hydrogens (tertiary/aromatic N) is 2. The lowest BCUT2D eigenvalue weighted by Gasteiger charge is -2.21. The number of rotatable bonds is 6. The van der Waals surface area contributed by atoms with Gasteiger partial charge in [-0.15, -0.1) is 0 Å². The van der Waals surface area contributed by atoms with Crippen molar-refractivity contribution in [2.45, 2.75) is 36.6 Å². The van der Waals surface area contributed by atoms with Crippen LogP contribution in [-0.2, 0) is 4.79 Å². The fraction of sp³-hybridized carbons (Fsp3) is 0.538. The van der Waals surface area contributed by atoms with E-state index in [1.165, 1.54) is 11.8 Å². The number of hydrogen-bond donors (Lipinski definition) is 1. The number of hydrogen-bond acceptors (Lipinski definition) is 4. The smallest absolute Gasteiger partial charge is 0.235 e. The summed E-state index contributed by atoms with van der Waals surface area (Å²) < 4.78 is 0. The predicted octanol–water partition coefficient (Wildman–Crippen LogP) is 1.79. The SMILES string of the molecule is CC(O)CCN(C)C(=O)C(C)Sc1ccccn1. The fourth-order valence-electron chi connectivity index (χ4n) is 1.45.